The van der Waals surface area contributed by atoms with E-state index >= 15 is 0 Å². The highest BCUT2D eigenvalue weighted by Gasteiger charge is 2.12. The van der Waals surface area contributed by atoms with E-state index in [4.69, 9.17) is 17.3 Å². The van der Waals surface area contributed by atoms with E-state index in [0.29, 0.717) is 12.0 Å². The maximum atomic E-state index is 13.8. The van der Waals surface area contributed by atoms with Crippen molar-refractivity contribution < 1.29 is 4.39 Å². The number of nitrogens with two attached hydrogens (primary N) is 1. The minimum absolute atomic E-state index is 0.145. The molecule has 0 saturated heterocycles. The normalized spacial score (nSPS) is 12.4. The molecule has 2 rings (SSSR count). The van der Waals surface area contributed by atoms with Crippen molar-refractivity contribution in [3.8, 4) is 0 Å². The molecule has 0 aliphatic rings. The SMILES string of the molecule is CCc1cccc(C(N)Cc2cccc(Cl)c2F)c1. The molecular weight excluding hydrogens is 261 g/mol. The van der Waals surface area contributed by atoms with Crippen LogP contribution < -0.4 is 5.73 Å². The maximum absolute atomic E-state index is 13.8. The average Bonchev–Trinajstić information content (AvgIpc) is 2.44. The van der Waals surface area contributed by atoms with Crippen molar-refractivity contribution >= 4 is 11.6 Å². The average molecular weight is 278 g/mol. The summed E-state index contributed by atoms with van der Waals surface area (Å²) >= 11 is 5.78. The van der Waals surface area contributed by atoms with Crippen molar-refractivity contribution in [2.24, 2.45) is 5.73 Å². The second kappa shape index (κ2) is 6.18. The lowest BCUT2D eigenvalue weighted by Crippen LogP contribution is -2.14. The first-order valence-electron chi connectivity index (χ1n) is 6.39. The predicted molar refractivity (Wildman–Crippen MR) is 77.9 cm³/mol. The molecule has 0 bridgehead atoms. The van der Waals surface area contributed by atoms with Crippen LogP contribution in [-0.4, -0.2) is 0 Å². The number of hydrogen-bond acceptors (Lipinski definition) is 1. The van der Waals surface area contributed by atoms with Gasteiger partial charge in [0.05, 0.1) is 5.02 Å². The summed E-state index contributed by atoms with van der Waals surface area (Å²) in [5, 5.41) is 0.145. The van der Waals surface area contributed by atoms with E-state index in [9.17, 15) is 4.39 Å². The highest BCUT2D eigenvalue weighted by Crippen LogP contribution is 2.23. The van der Waals surface area contributed by atoms with Gasteiger partial charge < -0.3 is 5.73 Å². The van der Waals surface area contributed by atoms with E-state index in [1.54, 1.807) is 18.2 Å². The largest absolute Gasteiger partial charge is 0.324 e. The lowest BCUT2D eigenvalue weighted by atomic mass is 9.97. The first-order chi connectivity index (χ1) is 9.11. The third kappa shape index (κ3) is 3.34. The monoisotopic (exact) mass is 277 g/mol. The van der Waals surface area contributed by atoms with Crippen molar-refractivity contribution in [3.05, 3.63) is 70.0 Å². The summed E-state index contributed by atoms with van der Waals surface area (Å²) in [6.45, 7) is 2.10. The fraction of sp³-hybridized carbons (Fsp3) is 0.250. The molecule has 0 spiro atoms. The van der Waals surface area contributed by atoms with Crippen LogP contribution >= 0.6 is 11.6 Å². The zero-order valence-corrected chi connectivity index (χ0v) is 11.6. The van der Waals surface area contributed by atoms with Crippen molar-refractivity contribution in [1.29, 1.82) is 0 Å². The Balaban J connectivity index is 2.20. The molecule has 0 aromatic heterocycles. The summed E-state index contributed by atoms with van der Waals surface area (Å²) in [6, 6.07) is 12.9. The molecule has 2 aromatic carbocycles. The van der Waals surface area contributed by atoms with Gasteiger partial charge in [-0.2, -0.15) is 0 Å². The number of rotatable bonds is 4. The first-order valence-corrected chi connectivity index (χ1v) is 6.77. The molecule has 1 nitrogen and oxygen atoms in total. The van der Waals surface area contributed by atoms with E-state index < -0.39 is 0 Å². The van der Waals surface area contributed by atoms with Crippen molar-refractivity contribution in [2.75, 3.05) is 0 Å². The van der Waals surface area contributed by atoms with Gasteiger partial charge in [-0.25, -0.2) is 4.39 Å². The van der Waals surface area contributed by atoms with Crippen LogP contribution in [0.2, 0.25) is 5.02 Å². The van der Waals surface area contributed by atoms with Gasteiger partial charge in [0.2, 0.25) is 0 Å². The molecule has 0 heterocycles. The van der Waals surface area contributed by atoms with Crippen LogP contribution in [0.4, 0.5) is 4.39 Å². The molecule has 2 N–H and O–H groups in total. The maximum Gasteiger partial charge on any atom is 0.145 e. The Morgan fingerprint density at radius 1 is 1.21 bits per heavy atom. The molecule has 0 saturated carbocycles. The molecule has 0 aliphatic carbocycles. The Kier molecular flexibility index (Phi) is 4.56. The highest BCUT2D eigenvalue weighted by molar-refractivity contribution is 6.30. The van der Waals surface area contributed by atoms with E-state index in [-0.39, 0.29) is 16.9 Å². The van der Waals surface area contributed by atoms with Crippen LogP contribution in [0.15, 0.2) is 42.5 Å². The van der Waals surface area contributed by atoms with Gasteiger partial charge in [0.15, 0.2) is 0 Å². The highest BCUT2D eigenvalue weighted by atomic mass is 35.5. The van der Waals surface area contributed by atoms with Crippen LogP contribution in [-0.2, 0) is 12.8 Å². The van der Waals surface area contributed by atoms with Crippen molar-refractivity contribution in [2.45, 2.75) is 25.8 Å². The first kappa shape index (κ1) is 14.0. The summed E-state index contributed by atoms with van der Waals surface area (Å²) < 4.78 is 13.8. The summed E-state index contributed by atoms with van der Waals surface area (Å²) in [4.78, 5) is 0. The van der Waals surface area contributed by atoms with Crippen molar-refractivity contribution in [3.63, 3.8) is 0 Å². The van der Waals surface area contributed by atoms with Crippen LogP contribution in [0.3, 0.4) is 0 Å². The molecule has 0 radical (unpaired) electrons. The molecule has 3 heteroatoms. The van der Waals surface area contributed by atoms with Gasteiger partial charge in [0.1, 0.15) is 5.82 Å². The summed E-state index contributed by atoms with van der Waals surface area (Å²) in [6.07, 6.45) is 1.41. The Morgan fingerprint density at radius 2 is 1.95 bits per heavy atom. The molecule has 1 unspecified atom stereocenters. The van der Waals surface area contributed by atoms with E-state index in [1.165, 1.54) is 5.56 Å². The third-order valence-electron chi connectivity index (χ3n) is 3.26. The van der Waals surface area contributed by atoms with Gasteiger partial charge in [-0.05, 0) is 35.6 Å². The zero-order valence-electron chi connectivity index (χ0n) is 10.9. The smallest absolute Gasteiger partial charge is 0.145 e. The molecular formula is C16H17ClFN. The number of benzene rings is 2. The molecule has 19 heavy (non-hydrogen) atoms. The second-order valence-electron chi connectivity index (χ2n) is 4.62. The van der Waals surface area contributed by atoms with Gasteiger partial charge in [0.25, 0.3) is 0 Å². The third-order valence-corrected chi connectivity index (χ3v) is 3.55. The lowest BCUT2D eigenvalue weighted by molar-refractivity contribution is 0.593. The lowest BCUT2D eigenvalue weighted by Gasteiger charge is -2.14. The Labute approximate surface area is 118 Å². The van der Waals surface area contributed by atoms with Crippen molar-refractivity contribution in [1.82, 2.24) is 0 Å². The van der Waals surface area contributed by atoms with Crippen LogP contribution in [0.5, 0.6) is 0 Å². The van der Waals surface area contributed by atoms with Gasteiger partial charge in [-0.3, -0.25) is 0 Å². The fourth-order valence-corrected chi connectivity index (χ4v) is 2.30. The van der Waals surface area contributed by atoms with Crippen LogP contribution in [0.25, 0.3) is 0 Å². The van der Waals surface area contributed by atoms with Gasteiger partial charge in [-0.1, -0.05) is 54.9 Å². The Morgan fingerprint density at radius 3 is 2.68 bits per heavy atom. The Hall–Kier alpha value is -1.38. The molecule has 1 atom stereocenters. The van der Waals surface area contributed by atoms with E-state index in [0.717, 1.165) is 12.0 Å². The van der Waals surface area contributed by atoms with Gasteiger partial charge in [0, 0.05) is 6.04 Å². The molecule has 0 amide bonds. The number of hydrogen-bond donors (Lipinski definition) is 1. The zero-order chi connectivity index (χ0) is 13.8. The van der Waals surface area contributed by atoms with Gasteiger partial charge in [-0.15, -0.1) is 0 Å². The quantitative estimate of drug-likeness (QED) is 0.887. The Bertz CT molecular complexity index is 568. The van der Waals surface area contributed by atoms with Crippen LogP contribution in [0, 0.1) is 5.82 Å². The molecule has 0 fully saturated rings. The number of aryl methyl sites for hydroxylation is 1. The fourth-order valence-electron chi connectivity index (χ4n) is 2.10. The molecule has 0 aliphatic heterocycles. The minimum atomic E-state index is -0.369. The predicted octanol–water partition coefficient (Wildman–Crippen LogP) is 4.28. The summed E-state index contributed by atoms with van der Waals surface area (Å²) in [5.41, 5.74) is 8.98. The summed E-state index contributed by atoms with van der Waals surface area (Å²) in [5.74, 6) is -0.369. The summed E-state index contributed by atoms with van der Waals surface area (Å²) in [7, 11) is 0. The van der Waals surface area contributed by atoms with E-state index in [1.807, 2.05) is 12.1 Å². The molecule has 2 aromatic rings. The topological polar surface area (TPSA) is 26.0 Å². The second-order valence-corrected chi connectivity index (χ2v) is 5.03. The number of halogens is 2. The standard InChI is InChI=1S/C16H17ClFN/c1-2-11-5-3-6-12(9-11)15(19)10-13-7-4-8-14(17)16(13)18/h3-9,15H,2,10,19H2,1H3. The molecule has 100 valence electrons. The van der Waals surface area contributed by atoms with Gasteiger partial charge >= 0.3 is 0 Å². The van der Waals surface area contributed by atoms with Crippen LogP contribution in [0.1, 0.15) is 29.7 Å². The minimum Gasteiger partial charge on any atom is -0.324 e. The van der Waals surface area contributed by atoms with E-state index in [2.05, 4.69) is 19.1 Å².